The highest BCUT2D eigenvalue weighted by Gasteiger charge is 2.14. The molecule has 0 aliphatic heterocycles. The van der Waals surface area contributed by atoms with Crippen LogP contribution in [-0.4, -0.2) is 9.97 Å². The number of H-pyrrole nitrogens is 1. The number of aromatic nitrogens is 2. The molecule has 2 rings (SSSR count). The van der Waals surface area contributed by atoms with E-state index in [1.165, 1.54) is 0 Å². The molecule has 1 unspecified atom stereocenters. The Morgan fingerprint density at radius 1 is 1.62 bits per heavy atom. The summed E-state index contributed by atoms with van der Waals surface area (Å²) in [7, 11) is 0. The van der Waals surface area contributed by atoms with Crippen molar-refractivity contribution in [2.45, 2.75) is 6.04 Å². The third-order valence-corrected chi connectivity index (χ3v) is 2.54. The molecular weight excluding hydrogens is 184 g/mol. The number of rotatable bonds is 3. The molecule has 2 aromatic rings. The smallest absolute Gasteiger partial charge is 0.129 e. The molecule has 0 aromatic carbocycles. The Kier molecular flexibility index (Phi) is 2.40. The van der Waals surface area contributed by atoms with Crippen molar-refractivity contribution >= 4 is 11.3 Å². The Morgan fingerprint density at radius 3 is 3.08 bits per heavy atom. The minimum atomic E-state index is -0.0405. The number of nitrogens with zero attached hydrogens (tertiary/aromatic N) is 1. The van der Waals surface area contributed by atoms with Gasteiger partial charge in [-0.05, 0) is 22.4 Å². The van der Waals surface area contributed by atoms with Gasteiger partial charge < -0.3 is 4.98 Å². The summed E-state index contributed by atoms with van der Waals surface area (Å²) in [5.41, 5.74) is 3.85. The van der Waals surface area contributed by atoms with E-state index >= 15 is 0 Å². The standard InChI is InChI=1S/C8H10N4S/c9-12-7(6-1-4-13-5-6)8-10-2-3-11-8/h1-5,7,12H,9H2,(H,10,11). The number of hydrazine groups is 1. The second-order valence-electron chi connectivity index (χ2n) is 2.63. The molecule has 0 radical (unpaired) electrons. The van der Waals surface area contributed by atoms with Crippen molar-refractivity contribution in [2.75, 3.05) is 0 Å². The fourth-order valence-corrected chi connectivity index (χ4v) is 1.89. The van der Waals surface area contributed by atoms with Crippen molar-refractivity contribution in [3.63, 3.8) is 0 Å². The number of imidazole rings is 1. The Labute approximate surface area is 79.8 Å². The van der Waals surface area contributed by atoms with Crippen molar-refractivity contribution in [1.82, 2.24) is 15.4 Å². The van der Waals surface area contributed by atoms with E-state index in [0.717, 1.165) is 11.4 Å². The molecule has 5 heteroatoms. The van der Waals surface area contributed by atoms with Gasteiger partial charge in [-0.2, -0.15) is 11.3 Å². The molecule has 0 bridgehead atoms. The van der Waals surface area contributed by atoms with E-state index in [0.29, 0.717) is 0 Å². The minimum Gasteiger partial charge on any atom is -0.347 e. The van der Waals surface area contributed by atoms with E-state index in [2.05, 4.69) is 15.4 Å². The number of hydrogen-bond donors (Lipinski definition) is 3. The van der Waals surface area contributed by atoms with Gasteiger partial charge in [0.15, 0.2) is 0 Å². The first-order valence-corrected chi connectivity index (χ1v) is 4.83. The van der Waals surface area contributed by atoms with Crippen molar-refractivity contribution in [1.29, 1.82) is 0 Å². The molecule has 0 amide bonds. The average Bonchev–Trinajstić information content (AvgIpc) is 2.76. The van der Waals surface area contributed by atoms with Gasteiger partial charge in [0.25, 0.3) is 0 Å². The number of nitrogens with two attached hydrogens (primary N) is 1. The summed E-state index contributed by atoms with van der Waals surface area (Å²) in [6.45, 7) is 0. The van der Waals surface area contributed by atoms with Crippen molar-refractivity contribution < 1.29 is 0 Å². The predicted octanol–water partition coefficient (Wildman–Crippen LogP) is 1.02. The van der Waals surface area contributed by atoms with Crippen LogP contribution in [0.5, 0.6) is 0 Å². The first-order chi connectivity index (χ1) is 6.42. The molecular formula is C8H10N4S. The van der Waals surface area contributed by atoms with Gasteiger partial charge in [0.05, 0.1) is 0 Å². The van der Waals surface area contributed by atoms with Gasteiger partial charge in [-0.15, -0.1) is 0 Å². The molecule has 0 saturated heterocycles. The van der Waals surface area contributed by atoms with Crippen LogP contribution in [0.25, 0.3) is 0 Å². The van der Waals surface area contributed by atoms with Gasteiger partial charge >= 0.3 is 0 Å². The lowest BCUT2D eigenvalue weighted by molar-refractivity contribution is 0.610. The lowest BCUT2D eigenvalue weighted by Crippen LogP contribution is -2.29. The number of aromatic amines is 1. The van der Waals surface area contributed by atoms with E-state index in [9.17, 15) is 0 Å². The summed E-state index contributed by atoms with van der Waals surface area (Å²) >= 11 is 1.64. The molecule has 0 fully saturated rings. The van der Waals surface area contributed by atoms with Gasteiger partial charge in [0.1, 0.15) is 11.9 Å². The molecule has 2 aromatic heterocycles. The molecule has 13 heavy (non-hydrogen) atoms. The third-order valence-electron chi connectivity index (χ3n) is 1.84. The topological polar surface area (TPSA) is 66.7 Å². The number of hydrogen-bond acceptors (Lipinski definition) is 4. The Hall–Kier alpha value is -1.17. The molecule has 0 aliphatic carbocycles. The Bertz CT molecular complexity index is 306. The van der Waals surface area contributed by atoms with E-state index < -0.39 is 0 Å². The van der Waals surface area contributed by atoms with Crippen LogP contribution in [-0.2, 0) is 0 Å². The largest absolute Gasteiger partial charge is 0.347 e. The monoisotopic (exact) mass is 194 g/mol. The summed E-state index contributed by atoms with van der Waals surface area (Å²) in [5, 5.41) is 4.07. The third kappa shape index (κ3) is 1.62. The van der Waals surface area contributed by atoms with Gasteiger partial charge in [0.2, 0.25) is 0 Å². The second kappa shape index (κ2) is 3.69. The van der Waals surface area contributed by atoms with Crippen LogP contribution in [0.3, 0.4) is 0 Å². The lowest BCUT2D eigenvalue weighted by atomic mass is 10.1. The summed E-state index contributed by atoms with van der Waals surface area (Å²) in [6, 6.07) is 1.98. The van der Waals surface area contributed by atoms with Crippen LogP contribution in [0.2, 0.25) is 0 Å². The molecule has 68 valence electrons. The zero-order chi connectivity index (χ0) is 9.10. The van der Waals surface area contributed by atoms with E-state index in [1.54, 1.807) is 23.7 Å². The molecule has 4 nitrogen and oxygen atoms in total. The Balaban J connectivity index is 2.29. The maximum atomic E-state index is 5.45. The van der Waals surface area contributed by atoms with Crippen LogP contribution in [0.1, 0.15) is 17.4 Å². The first-order valence-electron chi connectivity index (χ1n) is 3.89. The maximum Gasteiger partial charge on any atom is 0.129 e. The van der Waals surface area contributed by atoms with Crippen LogP contribution in [0.4, 0.5) is 0 Å². The fraction of sp³-hybridized carbons (Fsp3) is 0.125. The second-order valence-corrected chi connectivity index (χ2v) is 3.41. The summed E-state index contributed by atoms with van der Waals surface area (Å²) in [5.74, 6) is 6.28. The number of nitrogens with one attached hydrogen (secondary N) is 2. The van der Waals surface area contributed by atoms with Gasteiger partial charge in [-0.25, -0.2) is 10.4 Å². The predicted molar refractivity (Wildman–Crippen MR) is 52.1 cm³/mol. The fourth-order valence-electron chi connectivity index (χ4n) is 1.21. The van der Waals surface area contributed by atoms with E-state index in [-0.39, 0.29) is 6.04 Å². The van der Waals surface area contributed by atoms with Gasteiger partial charge in [0, 0.05) is 12.4 Å². The van der Waals surface area contributed by atoms with E-state index in [4.69, 9.17) is 5.84 Å². The van der Waals surface area contributed by atoms with Crippen LogP contribution < -0.4 is 11.3 Å². The van der Waals surface area contributed by atoms with Crippen LogP contribution in [0.15, 0.2) is 29.2 Å². The SMILES string of the molecule is NNC(c1ccsc1)c1ncc[nH]1. The van der Waals surface area contributed by atoms with Crippen molar-refractivity contribution in [3.05, 3.63) is 40.6 Å². The average molecular weight is 194 g/mol. The maximum absolute atomic E-state index is 5.45. The molecule has 2 heterocycles. The molecule has 4 N–H and O–H groups in total. The van der Waals surface area contributed by atoms with Crippen LogP contribution in [0, 0.1) is 0 Å². The van der Waals surface area contributed by atoms with Gasteiger partial charge in [-0.1, -0.05) is 0 Å². The molecule has 0 spiro atoms. The summed E-state index contributed by atoms with van der Waals surface area (Å²) < 4.78 is 0. The zero-order valence-electron chi connectivity index (χ0n) is 6.90. The summed E-state index contributed by atoms with van der Waals surface area (Å²) in [4.78, 5) is 7.18. The molecule has 1 atom stereocenters. The minimum absolute atomic E-state index is 0.0405. The summed E-state index contributed by atoms with van der Waals surface area (Å²) in [6.07, 6.45) is 3.50. The van der Waals surface area contributed by atoms with Crippen molar-refractivity contribution in [3.8, 4) is 0 Å². The normalized spacial score (nSPS) is 13.0. The van der Waals surface area contributed by atoms with Crippen LogP contribution >= 0.6 is 11.3 Å². The highest BCUT2D eigenvalue weighted by atomic mass is 32.1. The molecule has 0 aliphatic rings. The van der Waals surface area contributed by atoms with E-state index in [1.807, 2.05) is 16.8 Å². The van der Waals surface area contributed by atoms with Gasteiger partial charge in [-0.3, -0.25) is 5.84 Å². The Morgan fingerprint density at radius 2 is 2.54 bits per heavy atom. The first kappa shape index (κ1) is 8.43. The zero-order valence-corrected chi connectivity index (χ0v) is 7.71. The highest BCUT2D eigenvalue weighted by molar-refractivity contribution is 7.07. The lowest BCUT2D eigenvalue weighted by Gasteiger charge is -2.10. The quantitative estimate of drug-likeness (QED) is 0.505. The highest BCUT2D eigenvalue weighted by Crippen LogP contribution is 2.19. The van der Waals surface area contributed by atoms with Crippen molar-refractivity contribution in [2.24, 2.45) is 5.84 Å². The number of thiophene rings is 1. The molecule has 0 saturated carbocycles.